The standard InChI is InChI=1S/C15H20N4O/c16-1-2-19-14(13(9-20)17-18-19)15-6-10-3-11(7-15)5-12(4-10)8-15/h10-12,20H,2-9H2. The maximum atomic E-state index is 9.60. The van der Waals surface area contributed by atoms with Crippen molar-refractivity contribution in [2.75, 3.05) is 0 Å². The second kappa shape index (κ2) is 4.29. The van der Waals surface area contributed by atoms with Crippen molar-refractivity contribution in [2.45, 2.75) is 57.1 Å². The van der Waals surface area contributed by atoms with Crippen molar-refractivity contribution >= 4 is 0 Å². The summed E-state index contributed by atoms with van der Waals surface area (Å²) in [5.74, 6) is 2.50. The lowest BCUT2D eigenvalue weighted by Gasteiger charge is -2.56. The molecule has 5 rings (SSSR count). The third-order valence-electron chi connectivity index (χ3n) is 5.72. The zero-order chi connectivity index (χ0) is 13.7. The van der Waals surface area contributed by atoms with Crippen LogP contribution in [0.1, 0.15) is 49.9 Å². The quantitative estimate of drug-likeness (QED) is 0.909. The van der Waals surface area contributed by atoms with Crippen molar-refractivity contribution in [3.63, 3.8) is 0 Å². The molecule has 4 saturated carbocycles. The molecule has 0 saturated heterocycles. The summed E-state index contributed by atoms with van der Waals surface area (Å²) in [5, 5.41) is 26.8. The predicted octanol–water partition coefficient (Wildman–Crippen LogP) is 1.76. The summed E-state index contributed by atoms with van der Waals surface area (Å²) in [4.78, 5) is 0. The summed E-state index contributed by atoms with van der Waals surface area (Å²) in [6.45, 7) is 0.173. The number of aliphatic hydroxyl groups excluding tert-OH is 1. The minimum Gasteiger partial charge on any atom is -0.390 e. The smallest absolute Gasteiger partial charge is 0.130 e. The number of aliphatic hydroxyl groups is 1. The average molecular weight is 272 g/mol. The highest BCUT2D eigenvalue weighted by atomic mass is 16.3. The number of hydrogen-bond donors (Lipinski definition) is 1. The van der Waals surface area contributed by atoms with E-state index >= 15 is 0 Å². The Balaban J connectivity index is 1.80. The van der Waals surface area contributed by atoms with Gasteiger partial charge in [-0.1, -0.05) is 5.21 Å². The first-order chi connectivity index (χ1) is 9.74. The van der Waals surface area contributed by atoms with Crippen molar-refractivity contribution in [1.82, 2.24) is 15.0 Å². The first-order valence-electron chi connectivity index (χ1n) is 7.65. The zero-order valence-electron chi connectivity index (χ0n) is 11.6. The van der Waals surface area contributed by atoms with E-state index in [1.807, 2.05) is 0 Å². The highest BCUT2D eigenvalue weighted by Gasteiger charge is 2.53. The first-order valence-corrected chi connectivity index (χ1v) is 7.65. The van der Waals surface area contributed by atoms with E-state index in [4.69, 9.17) is 5.26 Å². The molecule has 0 atom stereocenters. The molecule has 0 radical (unpaired) electrons. The molecule has 0 unspecified atom stereocenters. The number of nitriles is 1. The van der Waals surface area contributed by atoms with Gasteiger partial charge in [-0.05, 0) is 56.3 Å². The molecule has 106 valence electrons. The van der Waals surface area contributed by atoms with Gasteiger partial charge in [0.1, 0.15) is 12.2 Å². The molecule has 1 aromatic rings. The molecule has 0 aromatic carbocycles. The van der Waals surface area contributed by atoms with E-state index < -0.39 is 0 Å². The monoisotopic (exact) mass is 272 g/mol. The van der Waals surface area contributed by atoms with E-state index in [0.717, 1.165) is 23.4 Å². The molecule has 0 spiro atoms. The Morgan fingerprint density at radius 1 is 1.20 bits per heavy atom. The highest BCUT2D eigenvalue weighted by Crippen LogP contribution is 2.60. The van der Waals surface area contributed by atoms with Gasteiger partial charge in [-0.3, -0.25) is 0 Å². The molecule has 20 heavy (non-hydrogen) atoms. The van der Waals surface area contributed by atoms with Crippen LogP contribution in [0.3, 0.4) is 0 Å². The fraction of sp³-hybridized carbons (Fsp3) is 0.800. The number of rotatable bonds is 3. The Hall–Kier alpha value is -1.41. The van der Waals surface area contributed by atoms with E-state index in [2.05, 4.69) is 16.4 Å². The first kappa shape index (κ1) is 12.3. The molecule has 4 aliphatic carbocycles. The Bertz CT molecular complexity index is 536. The molecule has 4 fully saturated rings. The van der Waals surface area contributed by atoms with Gasteiger partial charge >= 0.3 is 0 Å². The Labute approximate surface area is 118 Å². The van der Waals surface area contributed by atoms with Gasteiger partial charge in [-0.15, -0.1) is 5.10 Å². The molecular formula is C15H20N4O. The van der Waals surface area contributed by atoms with Crippen LogP contribution in [0.25, 0.3) is 0 Å². The summed E-state index contributed by atoms with van der Waals surface area (Å²) in [5.41, 5.74) is 1.90. The normalized spacial score (nSPS) is 38.1. The zero-order valence-corrected chi connectivity index (χ0v) is 11.6. The SMILES string of the molecule is N#CCn1nnc(CO)c1C12CC3CC(CC(C3)C1)C2. The lowest BCUT2D eigenvalue weighted by Crippen LogP contribution is -2.49. The highest BCUT2D eigenvalue weighted by molar-refractivity contribution is 5.27. The van der Waals surface area contributed by atoms with Gasteiger partial charge in [0.2, 0.25) is 0 Å². The van der Waals surface area contributed by atoms with E-state index in [0.29, 0.717) is 5.69 Å². The molecule has 5 nitrogen and oxygen atoms in total. The van der Waals surface area contributed by atoms with Crippen molar-refractivity contribution in [1.29, 1.82) is 5.26 Å². The van der Waals surface area contributed by atoms with Gasteiger partial charge < -0.3 is 5.11 Å². The predicted molar refractivity (Wildman–Crippen MR) is 71.4 cm³/mol. The number of aromatic nitrogens is 3. The second-order valence-electron chi connectivity index (χ2n) is 7.06. The Morgan fingerprint density at radius 3 is 2.30 bits per heavy atom. The van der Waals surface area contributed by atoms with Crippen LogP contribution in [-0.4, -0.2) is 20.1 Å². The molecule has 4 aliphatic rings. The topological polar surface area (TPSA) is 74.7 Å². The number of hydrogen-bond acceptors (Lipinski definition) is 4. The third kappa shape index (κ3) is 1.64. The van der Waals surface area contributed by atoms with Gasteiger partial charge in [-0.2, -0.15) is 5.26 Å². The maximum absolute atomic E-state index is 9.60. The van der Waals surface area contributed by atoms with Gasteiger partial charge in [0.25, 0.3) is 0 Å². The van der Waals surface area contributed by atoms with Gasteiger partial charge in [0, 0.05) is 5.41 Å². The fourth-order valence-electron chi connectivity index (χ4n) is 5.61. The fourth-order valence-corrected chi connectivity index (χ4v) is 5.61. The van der Waals surface area contributed by atoms with E-state index in [9.17, 15) is 5.11 Å². The van der Waals surface area contributed by atoms with Gasteiger partial charge in [0.15, 0.2) is 0 Å². The molecule has 0 aliphatic heterocycles. The largest absolute Gasteiger partial charge is 0.390 e. The molecule has 1 aromatic heterocycles. The van der Waals surface area contributed by atoms with E-state index in [1.165, 1.54) is 38.5 Å². The van der Waals surface area contributed by atoms with E-state index in [-0.39, 0.29) is 18.6 Å². The Morgan fingerprint density at radius 2 is 1.80 bits per heavy atom. The van der Waals surface area contributed by atoms with Crippen LogP contribution in [0.5, 0.6) is 0 Å². The van der Waals surface area contributed by atoms with Gasteiger partial charge in [0.05, 0.1) is 18.4 Å². The maximum Gasteiger partial charge on any atom is 0.130 e. The number of nitrogens with zero attached hydrogens (tertiary/aromatic N) is 4. The summed E-state index contributed by atoms with van der Waals surface area (Å²) in [7, 11) is 0. The average Bonchev–Trinajstić information content (AvgIpc) is 2.81. The third-order valence-corrected chi connectivity index (χ3v) is 5.72. The van der Waals surface area contributed by atoms with Crippen LogP contribution < -0.4 is 0 Å². The molecule has 5 heteroatoms. The summed E-state index contributed by atoms with van der Waals surface area (Å²) >= 11 is 0. The van der Waals surface area contributed by atoms with Crippen LogP contribution >= 0.6 is 0 Å². The van der Waals surface area contributed by atoms with Crippen LogP contribution in [0.4, 0.5) is 0 Å². The molecule has 4 bridgehead atoms. The van der Waals surface area contributed by atoms with Crippen molar-refractivity contribution in [2.24, 2.45) is 17.8 Å². The summed E-state index contributed by atoms with van der Waals surface area (Å²) in [6.07, 6.45) is 7.75. The minimum absolute atomic E-state index is 0.0670. The Kier molecular flexibility index (Phi) is 2.65. The lowest BCUT2D eigenvalue weighted by molar-refractivity contribution is -0.00996. The van der Waals surface area contributed by atoms with Gasteiger partial charge in [-0.25, -0.2) is 4.68 Å². The minimum atomic E-state index is -0.0670. The van der Waals surface area contributed by atoms with Crippen molar-refractivity contribution < 1.29 is 5.11 Å². The van der Waals surface area contributed by atoms with Crippen LogP contribution in [0, 0.1) is 29.1 Å². The van der Waals surface area contributed by atoms with Crippen LogP contribution in [-0.2, 0) is 18.6 Å². The molecular weight excluding hydrogens is 252 g/mol. The van der Waals surface area contributed by atoms with E-state index in [1.54, 1.807) is 4.68 Å². The summed E-state index contributed by atoms with van der Waals surface area (Å²) < 4.78 is 1.75. The van der Waals surface area contributed by atoms with Crippen molar-refractivity contribution in [3.8, 4) is 6.07 Å². The second-order valence-corrected chi connectivity index (χ2v) is 7.06. The van der Waals surface area contributed by atoms with Crippen molar-refractivity contribution in [3.05, 3.63) is 11.4 Å². The van der Waals surface area contributed by atoms with Crippen LogP contribution in [0.15, 0.2) is 0 Å². The molecule has 0 amide bonds. The molecule has 1 N–H and O–H groups in total. The summed E-state index contributed by atoms with van der Waals surface area (Å²) in [6, 6.07) is 2.17. The molecule has 1 heterocycles. The van der Waals surface area contributed by atoms with Crippen LogP contribution in [0.2, 0.25) is 0 Å². The lowest BCUT2D eigenvalue weighted by atomic mass is 9.48.